The number of aromatic nitrogens is 5. The minimum Gasteiger partial charge on any atom is -0.341 e. The number of nitrogens with zero attached hydrogens (tertiary/aromatic N) is 4. The van der Waals surface area contributed by atoms with Gasteiger partial charge in [-0.05, 0) is 45.4 Å². The van der Waals surface area contributed by atoms with Crippen LogP contribution in [0.1, 0.15) is 46.4 Å². The van der Waals surface area contributed by atoms with Gasteiger partial charge in [0.1, 0.15) is 17.2 Å². The first kappa shape index (κ1) is 14.2. The van der Waals surface area contributed by atoms with Gasteiger partial charge < -0.3 is 5.32 Å². The van der Waals surface area contributed by atoms with Gasteiger partial charge in [-0.1, -0.05) is 0 Å². The summed E-state index contributed by atoms with van der Waals surface area (Å²) in [5, 5.41) is 9.76. The van der Waals surface area contributed by atoms with Crippen molar-refractivity contribution in [1.29, 1.82) is 0 Å². The van der Waals surface area contributed by atoms with E-state index in [1.165, 1.54) is 0 Å². The lowest BCUT2D eigenvalue weighted by Gasteiger charge is -2.11. The summed E-state index contributed by atoms with van der Waals surface area (Å²) in [6.07, 6.45) is 1.86. The molecule has 3 rings (SSSR count). The maximum Gasteiger partial charge on any atom is 0.270 e. The molecular weight excluding hydrogens is 280 g/mol. The number of imidazole rings is 1. The van der Waals surface area contributed by atoms with Crippen LogP contribution in [0.2, 0.25) is 0 Å². The summed E-state index contributed by atoms with van der Waals surface area (Å²) in [4.78, 5) is 21.3. The van der Waals surface area contributed by atoms with Crippen LogP contribution in [0.25, 0.3) is 5.65 Å². The van der Waals surface area contributed by atoms with E-state index < -0.39 is 0 Å². The van der Waals surface area contributed by atoms with Crippen molar-refractivity contribution in [3.63, 3.8) is 0 Å². The summed E-state index contributed by atoms with van der Waals surface area (Å²) in [5.41, 5.74) is 3.11. The maximum atomic E-state index is 12.6. The molecule has 7 heteroatoms. The molecule has 0 saturated carbocycles. The van der Waals surface area contributed by atoms with E-state index in [0.29, 0.717) is 17.2 Å². The van der Waals surface area contributed by atoms with Crippen molar-refractivity contribution in [2.24, 2.45) is 0 Å². The number of fused-ring (bicyclic) bond motifs is 1. The van der Waals surface area contributed by atoms with Crippen LogP contribution in [-0.2, 0) is 0 Å². The smallest absolute Gasteiger partial charge is 0.270 e. The molecule has 0 bridgehead atoms. The van der Waals surface area contributed by atoms with E-state index in [1.807, 2.05) is 46.0 Å². The molecule has 3 aromatic rings. The number of aromatic amines is 1. The number of amides is 1. The molecule has 22 heavy (non-hydrogen) atoms. The van der Waals surface area contributed by atoms with Gasteiger partial charge in [0.2, 0.25) is 0 Å². The molecule has 0 fully saturated rings. The monoisotopic (exact) mass is 298 g/mol. The van der Waals surface area contributed by atoms with Gasteiger partial charge in [-0.15, -0.1) is 0 Å². The van der Waals surface area contributed by atoms with Crippen molar-refractivity contribution in [1.82, 2.24) is 29.9 Å². The second kappa shape index (κ2) is 5.25. The van der Waals surface area contributed by atoms with E-state index in [1.54, 1.807) is 4.40 Å². The zero-order chi connectivity index (χ0) is 15.9. The number of rotatable bonds is 3. The van der Waals surface area contributed by atoms with E-state index >= 15 is 0 Å². The molecule has 1 atom stereocenters. The highest BCUT2D eigenvalue weighted by atomic mass is 16.2. The molecule has 7 nitrogen and oxygen atoms in total. The number of pyridine rings is 1. The fourth-order valence-electron chi connectivity index (χ4n) is 2.42. The predicted molar refractivity (Wildman–Crippen MR) is 81.7 cm³/mol. The summed E-state index contributed by atoms with van der Waals surface area (Å²) in [6.45, 7) is 7.50. The fourth-order valence-corrected chi connectivity index (χ4v) is 2.42. The van der Waals surface area contributed by atoms with Gasteiger partial charge in [-0.25, -0.2) is 9.97 Å². The Morgan fingerprint density at radius 2 is 2.09 bits per heavy atom. The molecule has 114 valence electrons. The minimum atomic E-state index is -0.284. The first-order valence-corrected chi connectivity index (χ1v) is 7.11. The molecule has 0 radical (unpaired) electrons. The van der Waals surface area contributed by atoms with Gasteiger partial charge in [0.15, 0.2) is 5.82 Å². The number of aryl methyl sites for hydroxylation is 3. The predicted octanol–water partition coefficient (Wildman–Crippen LogP) is 1.87. The van der Waals surface area contributed by atoms with E-state index in [-0.39, 0.29) is 11.9 Å². The lowest BCUT2D eigenvalue weighted by Crippen LogP contribution is -2.29. The minimum absolute atomic E-state index is 0.191. The summed E-state index contributed by atoms with van der Waals surface area (Å²) < 4.78 is 1.80. The van der Waals surface area contributed by atoms with Gasteiger partial charge in [0.05, 0.1) is 11.7 Å². The highest BCUT2D eigenvalue weighted by molar-refractivity contribution is 5.94. The largest absolute Gasteiger partial charge is 0.341 e. The van der Waals surface area contributed by atoms with E-state index in [9.17, 15) is 4.79 Å². The van der Waals surface area contributed by atoms with Crippen LogP contribution in [0.5, 0.6) is 0 Å². The van der Waals surface area contributed by atoms with Crippen molar-refractivity contribution in [2.45, 2.75) is 33.7 Å². The number of H-pyrrole nitrogens is 1. The van der Waals surface area contributed by atoms with E-state index in [2.05, 4.69) is 25.5 Å². The molecule has 0 aromatic carbocycles. The van der Waals surface area contributed by atoms with Crippen LogP contribution in [0, 0.1) is 20.8 Å². The first-order valence-electron chi connectivity index (χ1n) is 7.11. The number of nitrogens with one attached hydrogen (secondary N) is 2. The van der Waals surface area contributed by atoms with Crippen molar-refractivity contribution in [3.05, 3.63) is 46.9 Å². The molecule has 0 spiro atoms. The van der Waals surface area contributed by atoms with Crippen molar-refractivity contribution < 1.29 is 4.79 Å². The Bertz CT molecular complexity index is 847. The van der Waals surface area contributed by atoms with Gasteiger partial charge >= 0.3 is 0 Å². The quantitative estimate of drug-likeness (QED) is 0.772. The molecule has 0 aliphatic heterocycles. The molecule has 3 heterocycles. The standard InChI is InChI=1S/C15H18N6O/c1-8-5-6-21-12(7-8)16-9(2)13(21)15(22)17-10(3)14-18-11(4)19-20-14/h5-7,10H,1-4H3,(H,17,22)(H,18,19,20). The van der Waals surface area contributed by atoms with Crippen LogP contribution >= 0.6 is 0 Å². The Hall–Kier alpha value is -2.70. The normalized spacial score (nSPS) is 12.5. The molecule has 1 unspecified atom stereocenters. The van der Waals surface area contributed by atoms with Crippen molar-refractivity contribution in [2.75, 3.05) is 0 Å². The van der Waals surface area contributed by atoms with Crippen LogP contribution in [0.3, 0.4) is 0 Å². The lowest BCUT2D eigenvalue weighted by atomic mass is 10.2. The SMILES string of the molecule is Cc1ccn2c(C(=O)NC(C)c3n[nH]c(C)n3)c(C)nc2c1. The third-order valence-corrected chi connectivity index (χ3v) is 3.52. The average molecular weight is 298 g/mol. The highest BCUT2D eigenvalue weighted by Crippen LogP contribution is 2.15. The van der Waals surface area contributed by atoms with Gasteiger partial charge in [-0.3, -0.25) is 14.3 Å². The number of carbonyl (C=O) groups is 1. The molecular formula is C15H18N6O. The number of hydrogen-bond acceptors (Lipinski definition) is 4. The zero-order valence-corrected chi connectivity index (χ0v) is 13.0. The Balaban J connectivity index is 1.90. The second-order valence-corrected chi connectivity index (χ2v) is 5.45. The zero-order valence-electron chi connectivity index (χ0n) is 13.0. The van der Waals surface area contributed by atoms with Crippen LogP contribution in [0.4, 0.5) is 0 Å². The van der Waals surface area contributed by atoms with Crippen LogP contribution < -0.4 is 5.32 Å². The summed E-state index contributed by atoms with van der Waals surface area (Å²) in [7, 11) is 0. The molecule has 0 saturated heterocycles. The molecule has 2 N–H and O–H groups in total. The van der Waals surface area contributed by atoms with E-state index in [0.717, 1.165) is 17.0 Å². The van der Waals surface area contributed by atoms with Crippen molar-refractivity contribution >= 4 is 11.6 Å². The Kier molecular flexibility index (Phi) is 3.40. The Morgan fingerprint density at radius 3 is 2.77 bits per heavy atom. The summed E-state index contributed by atoms with van der Waals surface area (Å²) in [5.74, 6) is 1.09. The molecule has 0 aliphatic carbocycles. The molecule has 3 aromatic heterocycles. The third-order valence-electron chi connectivity index (χ3n) is 3.52. The first-order chi connectivity index (χ1) is 10.5. The molecule has 1 amide bonds. The summed E-state index contributed by atoms with van der Waals surface area (Å²) in [6, 6.07) is 3.62. The van der Waals surface area contributed by atoms with Crippen LogP contribution in [-0.4, -0.2) is 30.5 Å². The number of hydrogen-bond donors (Lipinski definition) is 2. The topological polar surface area (TPSA) is 88.0 Å². The average Bonchev–Trinajstić information content (AvgIpc) is 3.01. The highest BCUT2D eigenvalue weighted by Gasteiger charge is 2.20. The maximum absolute atomic E-state index is 12.6. The second-order valence-electron chi connectivity index (χ2n) is 5.45. The molecule has 0 aliphatic rings. The fraction of sp³-hybridized carbons (Fsp3) is 0.333. The number of carbonyl (C=O) groups excluding carboxylic acids is 1. The third kappa shape index (κ3) is 2.45. The van der Waals surface area contributed by atoms with Crippen LogP contribution in [0.15, 0.2) is 18.3 Å². The lowest BCUT2D eigenvalue weighted by molar-refractivity contribution is 0.0931. The Morgan fingerprint density at radius 1 is 1.32 bits per heavy atom. The van der Waals surface area contributed by atoms with E-state index in [4.69, 9.17) is 0 Å². The van der Waals surface area contributed by atoms with Crippen molar-refractivity contribution in [3.8, 4) is 0 Å². The van der Waals surface area contributed by atoms with Gasteiger partial charge in [0.25, 0.3) is 5.91 Å². The van der Waals surface area contributed by atoms with Gasteiger partial charge in [-0.2, -0.15) is 5.10 Å². The van der Waals surface area contributed by atoms with Gasteiger partial charge in [0, 0.05) is 6.20 Å². The Labute approximate surface area is 127 Å². The summed E-state index contributed by atoms with van der Waals surface area (Å²) >= 11 is 0.